The van der Waals surface area contributed by atoms with Crippen molar-refractivity contribution in [2.45, 2.75) is 25.7 Å². The highest BCUT2D eigenvalue weighted by atomic mass is 32.2. The number of Topliss-reactive ketones (excluding diaryl/α,β-unsaturated/α-hetero) is 1. The van der Waals surface area contributed by atoms with Crippen molar-refractivity contribution in [1.29, 1.82) is 0 Å². The number of ketones is 1. The molecule has 31 heavy (non-hydrogen) atoms. The zero-order valence-corrected chi connectivity index (χ0v) is 18.6. The van der Waals surface area contributed by atoms with E-state index in [4.69, 9.17) is 9.73 Å². The molecule has 4 rings (SSSR count). The molecule has 8 nitrogen and oxygen atoms in total. The van der Waals surface area contributed by atoms with Crippen LogP contribution in [0.5, 0.6) is 5.75 Å². The zero-order valence-electron chi connectivity index (χ0n) is 17.8. The Hall–Kier alpha value is -2.81. The summed E-state index contributed by atoms with van der Waals surface area (Å²) in [5, 5.41) is 0.532. The summed E-state index contributed by atoms with van der Waals surface area (Å²) >= 11 is 1.25. The van der Waals surface area contributed by atoms with Gasteiger partial charge in [0.2, 0.25) is 5.84 Å². The minimum absolute atomic E-state index is 0.0668. The quantitative estimate of drug-likeness (QED) is 0.518. The van der Waals surface area contributed by atoms with Gasteiger partial charge in [0, 0.05) is 11.5 Å². The zero-order chi connectivity index (χ0) is 22.1. The van der Waals surface area contributed by atoms with Crippen LogP contribution in [0.3, 0.4) is 0 Å². The number of benzene rings is 1. The van der Waals surface area contributed by atoms with Gasteiger partial charge in [-0.3, -0.25) is 9.59 Å². The number of fused-ring (bicyclic) bond motifs is 1. The van der Waals surface area contributed by atoms with E-state index >= 15 is 0 Å². The van der Waals surface area contributed by atoms with E-state index in [2.05, 4.69) is 4.99 Å². The van der Waals surface area contributed by atoms with Crippen LogP contribution in [0.25, 0.3) is 0 Å². The summed E-state index contributed by atoms with van der Waals surface area (Å²) < 4.78 is 6.56. The molecule has 0 aromatic heterocycles. The molecule has 0 saturated heterocycles. The number of hydrogen-bond donors (Lipinski definition) is 0. The maximum atomic E-state index is 12.9. The van der Waals surface area contributed by atoms with Gasteiger partial charge in [-0.25, -0.2) is 9.79 Å². The van der Waals surface area contributed by atoms with Gasteiger partial charge in [0.15, 0.2) is 11.7 Å². The maximum Gasteiger partial charge on any atom is 0.445 e. The average molecular weight is 442 g/mol. The Morgan fingerprint density at radius 3 is 2.52 bits per heavy atom. The third-order valence-electron chi connectivity index (χ3n) is 5.94. The van der Waals surface area contributed by atoms with Crippen molar-refractivity contribution in [3.05, 3.63) is 29.8 Å². The largest absolute Gasteiger partial charge is 0.497 e. The van der Waals surface area contributed by atoms with Crippen LogP contribution in [-0.4, -0.2) is 70.9 Å². The van der Waals surface area contributed by atoms with Gasteiger partial charge in [-0.1, -0.05) is 17.8 Å². The van der Waals surface area contributed by atoms with Crippen LogP contribution in [-0.2, 0) is 4.79 Å². The molecule has 2 aliphatic heterocycles. The Bertz CT molecular complexity index is 1020. The van der Waals surface area contributed by atoms with Gasteiger partial charge in [0.05, 0.1) is 27.0 Å². The summed E-state index contributed by atoms with van der Waals surface area (Å²) in [6, 6.07) is 6.52. The van der Waals surface area contributed by atoms with Gasteiger partial charge in [0.1, 0.15) is 10.8 Å². The number of methoxy groups -OCH3 is 1. The summed E-state index contributed by atoms with van der Waals surface area (Å²) in [5.74, 6) is 0.928. The molecular formula is C22H25N4O4S+. The topological polar surface area (TPSA) is 91.4 Å². The van der Waals surface area contributed by atoms with Crippen molar-refractivity contribution in [1.82, 2.24) is 4.90 Å². The molecule has 1 aliphatic carbocycles. The molecule has 162 valence electrons. The number of rotatable bonds is 5. The number of thioether (sulfide) groups is 1. The molecule has 9 heteroatoms. The molecule has 1 aromatic rings. The molecule has 3 amide bonds. The van der Waals surface area contributed by atoms with Crippen molar-refractivity contribution in [3.8, 4) is 5.75 Å². The highest BCUT2D eigenvalue weighted by molar-refractivity contribution is 8.14. The van der Waals surface area contributed by atoms with E-state index in [1.165, 1.54) is 23.4 Å². The second-order valence-corrected chi connectivity index (χ2v) is 8.87. The van der Waals surface area contributed by atoms with Gasteiger partial charge in [-0.05, 0) is 37.1 Å². The number of hydrogen-bond acceptors (Lipinski definition) is 7. The predicted molar refractivity (Wildman–Crippen MR) is 119 cm³/mol. The molecule has 1 saturated carbocycles. The SMILES string of the molecule is COc1ccc(C(=O)CSC2=NC(C3CCCC3)=NC3=[N+](C)C(=O)N(C)C(=O)C23)cc1. The summed E-state index contributed by atoms with van der Waals surface area (Å²) in [5.41, 5.74) is 0.568. The van der Waals surface area contributed by atoms with Crippen LogP contribution < -0.4 is 4.74 Å². The lowest BCUT2D eigenvalue weighted by atomic mass is 10.0. The van der Waals surface area contributed by atoms with Crippen LogP contribution in [0, 0.1) is 11.8 Å². The Kier molecular flexibility index (Phi) is 6.04. The van der Waals surface area contributed by atoms with Gasteiger partial charge in [-0.2, -0.15) is 9.48 Å². The third kappa shape index (κ3) is 4.06. The Morgan fingerprint density at radius 2 is 1.87 bits per heavy atom. The summed E-state index contributed by atoms with van der Waals surface area (Å²) in [6.07, 6.45) is 4.22. The Morgan fingerprint density at radius 1 is 1.19 bits per heavy atom. The van der Waals surface area contributed by atoms with E-state index in [1.807, 2.05) is 0 Å². The Balaban J connectivity index is 1.62. The highest BCUT2D eigenvalue weighted by Gasteiger charge is 2.49. The average Bonchev–Trinajstić information content (AvgIpc) is 3.34. The van der Waals surface area contributed by atoms with Crippen LogP contribution >= 0.6 is 11.8 Å². The molecule has 1 atom stereocenters. The summed E-state index contributed by atoms with van der Waals surface area (Å²) in [7, 11) is 4.66. The lowest BCUT2D eigenvalue weighted by molar-refractivity contribution is -0.407. The molecule has 0 bridgehead atoms. The van der Waals surface area contributed by atoms with E-state index < -0.39 is 11.9 Å². The number of carbonyl (C=O) groups is 3. The molecule has 2 heterocycles. The van der Waals surface area contributed by atoms with E-state index in [9.17, 15) is 14.4 Å². The maximum absolute atomic E-state index is 12.9. The van der Waals surface area contributed by atoms with Crippen molar-refractivity contribution in [3.63, 3.8) is 0 Å². The normalized spacial score (nSPS) is 21.8. The molecular weight excluding hydrogens is 416 g/mol. The smallest absolute Gasteiger partial charge is 0.445 e. The third-order valence-corrected chi connectivity index (χ3v) is 6.97. The second kappa shape index (κ2) is 8.74. The molecule has 3 aliphatic rings. The van der Waals surface area contributed by atoms with Gasteiger partial charge < -0.3 is 4.74 Å². The number of carbonyl (C=O) groups excluding carboxylic acids is 3. The molecule has 1 fully saturated rings. The number of amidine groups is 2. The summed E-state index contributed by atoms with van der Waals surface area (Å²) in [4.78, 5) is 48.6. The fourth-order valence-electron chi connectivity index (χ4n) is 4.07. The molecule has 0 N–H and O–H groups in total. The molecule has 0 radical (unpaired) electrons. The lowest BCUT2D eigenvalue weighted by Crippen LogP contribution is -2.55. The number of aliphatic imine (C=N–C) groups is 2. The first-order chi connectivity index (χ1) is 14.9. The van der Waals surface area contributed by atoms with Crippen molar-refractivity contribution in [2.75, 3.05) is 27.0 Å². The molecule has 1 aromatic carbocycles. The van der Waals surface area contributed by atoms with Gasteiger partial charge >= 0.3 is 11.9 Å². The van der Waals surface area contributed by atoms with Crippen LogP contribution in [0.4, 0.5) is 4.79 Å². The predicted octanol–water partition coefficient (Wildman–Crippen LogP) is 2.86. The van der Waals surface area contributed by atoms with E-state index in [-0.39, 0.29) is 23.4 Å². The van der Waals surface area contributed by atoms with Gasteiger partial charge in [0.25, 0.3) is 5.84 Å². The van der Waals surface area contributed by atoms with Crippen molar-refractivity contribution < 1.29 is 23.7 Å². The minimum Gasteiger partial charge on any atom is -0.497 e. The first kappa shape index (κ1) is 21.4. The van der Waals surface area contributed by atoms with Crippen LogP contribution in [0.2, 0.25) is 0 Å². The number of imide groups is 1. The fourth-order valence-corrected chi connectivity index (χ4v) is 5.05. The number of ether oxygens (including phenoxy) is 1. The standard InChI is InChI=1S/C22H25N4O4S/c1-25-19-17(21(28)26(2)22(25)29)20(24-18(23-19)14-6-4-5-7-14)31-12-16(27)13-8-10-15(30-3)11-9-13/h8-11,14,17H,4-7,12H2,1-3H3/q+1. The number of nitrogens with zero attached hydrogens (tertiary/aromatic N) is 4. The van der Waals surface area contributed by atoms with Crippen LogP contribution in [0.1, 0.15) is 36.0 Å². The Labute approximate surface area is 185 Å². The first-order valence-electron chi connectivity index (χ1n) is 10.3. The van der Waals surface area contributed by atoms with Crippen molar-refractivity contribution >= 4 is 46.2 Å². The number of urea groups is 1. The minimum atomic E-state index is -0.758. The lowest BCUT2D eigenvalue weighted by Gasteiger charge is -2.27. The monoisotopic (exact) mass is 441 g/mol. The van der Waals surface area contributed by atoms with E-state index in [0.29, 0.717) is 28.0 Å². The molecule has 1 unspecified atom stereocenters. The van der Waals surface area contributed by atoms with Crippen LogP contribution in [0.15, 0.2) is 34.3 Å². The second-order valence-electron chi connectivity index (χ2n) is 7.87. The number of amides is 3. The fraction of sp³-hybridized carbons (Fsp3) is 0.455. The highest BCUT2D eigenvalue weighted by Crippen LogP contribution is 2.32. The van der Waals surface area contributed by atoms with Crippen molar-refractivity contribution in [2.24, 2.45) is 21.8 Å². The molecule has 0 spiro atoms. The van der Waals surface area contributed by atoms with Gasteiger partial charge in [-0.15, -0.1) is 11.8 Å². The summed E-state index contributed by atoms with van der Waals surface area (Å²) in [6.45, 7) is 0. The van der Waals surface area contributed by atoms with E-state index in [1.54, 1.807) is 38.4 Å². The van der Waals surface area contributed by atoms with E-state index in [0.717, 1.165) is 30.6 Å². The first-order valence-corrected chi connectivity index (χ1v) is 11.3.